The van der Waals surface area contributed by atoms with Crippen LogP contribution in [-0.2, 0) is 3.07 Å². The molecule has 0 rings (SSSR count). The van der Waals surface area contributed by atoms with Gasteiger partial charge in [0.2, 0.25) is 0 Å². The third-order valence-corrected chi connectivity index (χ3v) is 11.6. The summed E-state index contributed by atoms with van der Waals surface area (Å²) in [6.45, 7) is 5.62. The van der Waals surface area contributed by atoms with E-state index in [0.717, 1.165) is 6.61 Å². The molecule has 0 atom stereocenters. The summed E-state index contributed by atoms with van der Waals surface area (Å²) in [5, 5.41) is 0. The van der Waals surface area contributed by atoms with Gasteiger partial charge in [0, 0.05) is 0 Å². The summed E-state index contributed by atoms with van der Waals surface area (Å²) in [5.41, 5.74) is 0. The van der Waals surface area contributed by atoms with Crippen LogP contribution in [0.1, 0.15) is 97.3 Å². The van der Waals surface area contributed by atoms with Gasteiger partial charge in [-0.3, -0.25) is 0 Å². The number of hydrogen-bond acceptors (Lipinski definition) is 1. The van der Waals surface area contributed by atoms with Gasteiger partial charge in [0.1, 0.15) is 0 Å². The van der Waals surface area contributed by atoms with E-state index in [1.807, 2.05) is 0 Å². The van der Waals surface area contributed by atoms with E-state index >= 15 is 0 Å². The van der Waals surface area contributed by atoms with Crippen LogP contribution in [0.3, 0.4) is 0 Å². The summed E-state index contributed by atoms with van der Waals surface area (Å²) in [6.07, 6.45) is 18.2. The molecule has 0 aromatic heterocycles. The Kier molecular flexibility index (Phi) is 16.2. The fourth-order valence-corrected chi connectivity index (χ4v) is 8.36. The van der Waals surface area contributed by atoms with Crippen LogP contribution in [-0.4, -0.2) is 25.4 Å². The molecule has 0 aliphatic heterocycles. The summed E-state index contributed by atoms with van der Waals surface area (Å²) < 4.78 is 7.72. The van der Waals surface area contributed by atoms with E-state index in [1.54, 1.807) is 0 Å². The van der Waals surface area contributed by atoms with Crippen molar-refractivity contribution in [3.8, 4) is 0 Å². The molecule has 0 saturated carbocycles. The van der Waals surface area contributed by atoms with E-state index in [0.29, 0.717) is 0 Å². The summed E-state index contributed by atoms with van der Waals surface area (Å²) in [7, 11) is 0. The van der Waals surface area contributed by atoms with Crippen LogP contribution < -0.4 is 0 Å². The van der Waals surface area contributed by atoms with E-state index in [4.69, 9.17) is 3.07 Å². The first-order valence-electron chi connectivity index (χ1n) is 9.76. The maximum atomic E-state index is 6.29. The first kappa shape index (κ1) is 21.8. The second-order valence-electron chi connectivity index (χ2n) is 7.25. The predicted octanol–water partition coefficient (Wildman–Crippen LogP) is 7.32. The molecule has 128 valence electrons. The molecule has 0 bridgehead atoms. The molecule has 0 aliphatic rings. The van der Waals surface area contributed by atoms with Gasteiger partial charge in [-0.25, -0.2) is 0 Å². The third kappa shape index (κ3) is 17.0. The molecule has 0 heterocycles. The number of hydrogen-bond donors (Lipinski definition) is 0. The van der Waals surface area contributed by atoms with Crippen LogP contribution in [0.25, 0.3) is 0 Å². The summed E-state index contributed by atoms with van der Waals surface area (Å²) >= 11 is -2.09. The summed E-state index contributed by atoms with van der Waals surface area (Å²) in [5.74, 6) is 0. The van der Waals surface area contributed by atoms with Gasteiger partial charge in [0.15, 0.2) is 0 Å². The van der Waals surface area contributed by atoms with E-state index < -0.39 is 18.8 Å². The summed E-state index contributed by atoms with van der Waals surface area (Å²) in [4.78, 5) is 4.95. The first-order valence-corrected chi connectivity index (χ1v) is 18.7. The van der Waals surface area contributed by atoms with Gasteiger partial charge in [-0.2, -0.15) is 0 Å². The van der Waals surface area contributed by atoms with Gasteiger partial charge in [-0.05, 0) is 0 Å². The van der Waals surface area contributed by atoms with Crippen LogP contribution in [0, 0.1) is 0 Å². The van der Waals surface area contributed by atoms with Crippen LogP contribution in [0.2, 0.25) is 14.3 Å². The average Bonchev–Trinajstić information content (AvgIpc) is 2.45. The Morgan fingerprint density at radius 1 is 0.571 bits per heavy atom. The molecule has 0 N–H and O–H groups in total. The van der Waals surface area contributed by atoms with Crippen LogP contribution in [0.15, 0.2) is 0 Å². The molecule has 0 aromatic carbocycles. The molecular weight excluding hydrogens is 363 g/mol. The second kappa shape index (κ2) is 15.6. The summed E-state index contributed by atoms with van der Waals surface area (Å²) in [6, 6.07) is 0. The van der Waals surface area contributed by atoms with Crippen molar-refractivity contribution in [1.82, 2.24) is 0 Å². The molecule has 1 nitrogen and oxygen atoms in total. The Hall–Kier alpha value is 0.759. The van der Waals surface area contributed by atoms with Gasteiger partial charge in [0.25, 0.3) is 0 Å². The minimum absolute atomic E-state index is 1.05. The monoisotopic (exact) mass is 406 g/mol. The van der Waals surface area contributed by atoms with E-state index in [9.17, 15) is 0 Å². The zero-order valence-corrected chi connectivity index (χ0v) is 18.4. The molecule has 0 spiro atoms. The molecule has 0 unspecified atom stereocenters. The van der Waals surface area contributed by atoms with Crippen LogP contribution in [0.4, 0.5) is 0 Å². The van der Waals surface area contributed by atoms with Gasteiger partial charge < -0.3 is 0 Å². The van der Waals surface area contributed by atoms with Crippen molar-refractivity contribution in [2.45, 2.75) is 112 Å². The van der Waals surface area contributed by atoms with Crippen LogP contribution >= 0.6 is 0 Å². The van der Waals surface area contributed by atoms with Gasteiger partial charge in [0.05, 0.1) is 0 Å². The molecule has 0 aliphatic carbocycles. The standard InChI is InChI=1S/C9H19O.C8H17.2CH3.Sn/c1-2-3-4-5-6-7-8-9-10;1-3-5-7-8-6-4-2;;;/h2-9H2,1H3;1,3-8H2,2H3;2*1H3;/q-1;;;;+1. The normalized spacial score (nSPS) is 12.0. The predicted molar refractivity (Wildman–Crippen MR) is 99.6 cm³/mol. The first-order chi connectivity index (χ1) is 10.1. The fourth-order valence-electron chi connectivity index (χ4n) is 2.81. The quantitative estimate of drug-likeness (QED) is 0.193. The van der Waals surface area contributed by atoms with E-state index in [2.05, 4.69) is 23.7 Å². The van der Waals surface area contributed by atoms with Gasteiger partial charge >= 0.3 is 140 Å². The maximum absolute atomic E-state index is 6.29. The molecule has 0 saturated heterocycles. The second-order valence-corrected chi connectivity index (χ2v) is 19.5. The van der Waals surface area contributed by atoms with Crippen molar-refractivity contribution in [3.05, 3.63) is 0 Å². The van der Waals surface area contributed by atoms with Crippen molar-refractivity contribution < 1.29 is 3.07 Å². The average molecular weight is 405 g/mol. The number of unbranched alkanes of at least 4 members (excludes halogenated alkanes) is 11. The number of rotatable bonds is 16. The van der Waals surface area contributed by atoms with E-state index in [1.165, 1.54) is 87.9 Å². The van der Waals surface area contributed by atoms with Crippen molar-refractivity contribution in [2.75, 3.05) is 6.61 Å². The molecule has 0 amide bonds. The Labute approximate surface area is 140 Å². The zero-order chi connectivity index (χ0) is 15.8. The Morgan fingerprint density at radius 2 is 1.00 bits per heavy atom. The van der Waals surface area contributed by atoms with Gasteiger partial charge in [-0.1, -0.05) is 0 Å². The molecule has 0 fully saturated rings. The third-order valence-electron chi connectivity index (χ3n) is 4.37. The Balaban J connectivity index is 3.34. The van der Waals surface area contributed by atoms with Crippen molar-refractivity contribution in [2.24, 2.45) is 0 Å². The Bertz CT molecular complexity index is 204. The van der Waals surface area contributed by atoms with E-state index in [-0.39, 0.29) is 0 Å². The van der Waals surface area contributed by atoms with Crippen molar-refractivity contribution in [3.63, 3.8) is 0 Å². The molecule has 2 heteroatoms. The van der Waals surface area contributed by atoms with Crippen molar-refractivity contribution in [1.29, 1.82) is 0 Å². The topological polar surface area (TPSA) is 9.23 Å². The Morgan fingerprint density at radius 3 is 1.52 bits per heavy atom. The van der Waals surface area contributed by atoms with Crippen molar-refractivity contribution >= 4 is 18.8 Å². The zero-order valence-electron chi connectivity index (χ0n) is 15.5. The van der Waals surface area contributed by atoms with Crippen LogP contribution in [0.5, 0.6) is 0 Å². The molecule has 21 heavy (non-hydrogen) atoms. The molecular formula is C19H42OSn. The van der Waals surface area contributed by atoms with Gasteiger partial charge in [-0.15, -0.1) is 0 Å². The minimum atomic E-state index is -2.09. The molecule has 0 aromatic rings. The SMILES string of the molecule is CCCCCCCCC[O][Sn]([CH3])([CH3])[CH2]CCCCCCC. The fraction of sp³-hybridized carbons (Fsp3) is 1.00. The molecule has 0 radical (unpaired) electrons.